The number of nitrogens with two attached hydrogens (primary N) is 1. The fraction of sp³-hybridized carbons (Fsp3) is 1.00. The Hall–Kier alpha value is 0.250. The van der Waals surface area contributed by atoms with Crippen molar-refractivity contribution in [2.75, 3.05) is 0 Å². The summed E-state index contributed by atoms with van der Waals surface area (Å²) in [5.41, 5.74) is 7.12. The van der Waals surface area contributed by atoms with Gasteiger partial charge in [0, 0.05) is 5.54 Å². The molecule has 0 amide bonds. The van der Waals surface area contributed by atoms with Crippen molar-refractivity contribution in [3.63, 3.8) is 0 Å². The predicted molar refractivity (Wildman–Crippen MR) is 61.3 cm³/mol. The van der Waals surface area contributed by atoms with Gasteiger partial charge < -0.3 is 5.73 Å². The van der Waals surface area contributed by atoms with E-state index >= 15 is 0 Å². The minimum Gasteiger partial charge on any atom is -0.325 e. The van der Waals surface area contributed by atoms with Crippen molar-refractivity contribution in [3.05, 3.63) is 0 Å². The maximum absolute atomic E-state index is 6.23. The van der Waals surface area contributed by atoms with Crippen molar-refractivity contribution in [2.45, 2.75) is 59.4 Å². The van der Waals surface area contributed by atoms with E-state index in [0.29, 0.717) is 10.8 Å². The molecule has 0 unspecified atom stereocenters. The van der Waals surface area contributed by atoms with E-state index in [1.165, 1.54) is 6.42 Å². The van der Waals surface area contributed by atoms with Crippen molar-refractivity contribution >= 4 is 12.4 Å². The van der Waals surface area contributed by atoms with Crippen LogP contribution in [0.4, 0.5) is 0 Å². The Morgan fingerprint density at radius 2 is 1.08 bits per heavy atom. The average Bonchev–Trinajstić information content (AvgIpc) is 1.44. The van der Waals surface area contributed by atoms with E-state index in [1.807, 2.05) is 0 Å². The topological polar surface area (TPSA) is 26.0 Å². The van der Waals surface area contributed by atoms with Gasteiger partial charge in [0.25, 0.3) is 0 Å². The van der Waals surface area contributed by atoms with Gasteiger partial charge in [-0.25, -0.2) is 0 Å². The van der Waals surface area contributed by atoms with Gasteiger partial charge in [0.2, 0.25) is 0 Å². The Kier molecular flexibility index (Phi) is 3.50. The summed E-state index contributed by atoms with van der Waals surface area (Å²) >= 11 is 0. The highest BCUT2D eigenvalue weighted by Crippen LogP contribution is 2.48. The van der Waals surface area contributed by atoms with Crippen LogP contribution < -0.4 is 5.73 Å². The van der Waals surface area contributed by atoms with Gasteiger partial charge in [-0.15, -0.1) is 12.4 Å². The van der Waals surface area contributed by atoms with E-state index in [-0.39, 0.29) is 17.9 Å². The molecule has 2 heteroatoms. The molecule has 0 spiro atoms. The minimum atomic E-state index is 0. The molecule has 0 aromatic carbocycles. The normalized spacial score (nSPS) is 29.1. The van der Waals surface area contributed by atoms with Crippen LogP contribution in [0, 0.1) is 10.8 Å². The van der Waals surface area contributed by atoms with Gasteiger partial charge in [-0.1, -0.05) is 27.7 Å². The van der Waals surface area contributed by atoms with E-state index in [2.05, 4.69) is 34.6 Å². The molecule has 1 saturated carbocycles. The van der Waals surface area contributed by atoms with E-state index in [9.17, 15) is 0 Å². The van der Waals surface area contributed by atoms with Crippen LogP contribution in [0.3, 0.4) is 0 Å². The lowest BCUT2D eigenvalue weighted by Gasteiger charge is -2.49. The highest BCUT2D eigenvalue weighted by Gasteiger charge is 2.42. The number of halogens is 1. The Morgan fingerprint density at radius 1 is 0.769 bits per heavy atom. The second-order valence-electron chi connectivity index (χ2n) is 6.51. The van der Waals surface area contributed by atoms with Crippen LogP contribution >= 0.6 is 12.4 Å². The molecule has 1 aliphatic carbocycles. The van der Waals surface area contributed by atoms with Gasteiger partial charge in [-0.2, -0.15) is 0 Å². The van der Waals surface area contributed by atoms with Crippen molar-refractivity contribution in [2.24, 2.45) is 16.6 Å². The van der Waals surface area contributed by atoms with E-state index in [4.69, 9.17) is 5.73 Å². The zero-order valence-corrected chi connectivity index (χ0v) is 10.4. The molecule has 80 valence electrons. The second-order valence-corrected chi connectivity index (χ2v) is 6.51. The molecule has 0 aromatic heterocycles. The van der Waals surface area contributed by atoms with Crippen LogP contribution in [-0.4, -0.2) is 5.54 Å². The Bertz CT molecular complexity index is 137. The molecule has 2 N–H and O–H groups in total. The molecular weight excluding hydrogens is 182 g/mol. The van der Waals surface area contributed by atoms with Crippen LogP contribution in [0.5, 0.6) is 0 Å². The molecule has 0 atom stereocenters. The number of hydrogen-bond acceptors (Lipinski definition) is 1. The zero-order chi connectivity index (χ0) is 9.62. The molecule has 0 aliphatic heterocycles. The zero-order valence-electron chi connectivity index (χ0n) is 9.61. The average molecular weight is 206 g/mol. The standard InChI is InChI=1S/C11H23N.ClH/c1-9(2)6-10(3,4)8-11(5,12)7-9;/h6-8,12H2,1-5H3;1H. The molecular formula is C11H24ClN. The minimum absolute atomic E-state index is 0. The van der Waals surface area contributed by atoms with Crippen LogP contribution in [0.25, 0.3) is 0 Å². The summed E-state index contributed by atoms with van der Waals surface area (Å²) in [6.45, 7) is 11.5. The first-order chi connectivity index (χ1) is 5.12. The van der Waals surface area contributed by atoms with Gasteiger partial charge in [-0.3, -0.25) is 0 Å². The highest BCUT2D eigenvalue weighted by molar-refractivity contribution is 5.85. The third-order valence-electron chi connectivity index (χ3n) is 2.72. The summed E-state index contributed by atoms with van der Waals surface area (Å²) in [4.78, 5) is 0. The summed E-state index contributed by atoms with van der Waals surface area (Å²) in [6.07, 6.45) is 3.61. The fourth-order valence-electron chi connectivity index (χ4n) is 3.67. The molecule has 0 radical (unpaired) electrons. The SMILES string of the molecule is CC1(C)CC(C)(C)CC(C)(N)C1.Cl. The molecule has 0 heterocycles. The molecule has 1 fully saturated rings. The van der Waals surface area contributed by atoms with Gasteiger partial charge in [0.15, 0.2) is 0 Å². The molecule has 13 heavy (non-hydrogen) atoms. The first-order valence-electron chi connectivity index (χ1n) is 4.91. The van der Waals surface area contributed by atoms with Gasteiger partial charge in [-0.05, 0) is 37.0 Å². The lowest BCUT2D eigenvalue weighted by molar-refractivity contribution is 0.0574. The quantitative estimate of drug-likeness (QED) is 0.645. The molecule has 0 aromatic rings. The van der Waals surface area contributed by atoms with Crippen LogP contribution in [0.1, 0.15) is 53.9 Å². The first kappa shape index (κ1) is 13.2. The Balaban J connectivity index is 0.00000144. The fourth-order valence-corrected chi connectivity index (χ4v) is 3.67. The van der Waals surface area contributed by atoms with E-state index in [1.54, 1.807) is 0 Å². The molecule has 1 aliphatic rings. The van der Waals surface area contributed by atoms with Crippen molar-refractivity contribution in [1.82, 2.24) is 0 Å². The van der Waals surface area contributed by atoms with Crippen molar-refractivity contribution in [3.8, 4) is 0 Å². The van der Waals surface area contributed by atoms with Crippen LogP contribution in [-0.2, 0) is 0 Å². The van der Waals surface area contributed by atoms with Crippen molar-refractivity contribution in [1.29, 1.82) is 0 Å². The summed E-state index contributed by atoms with van der Waals surface area (Å²) < 4.78 is 0. The van der Waals surface area contributed by atoms with Crippen molar-refractivity contribution < 1.29 is 0 Å². The first-order valence-corrected chi connectivity index (χ1v) is 4.91. The summed E-state index contributed by atoms with van der Waals surface area (Å²) in [6, 6.07) is 0. The summed E-state index contributed by atoms with van der Waals surface area (Å²) in [7, 11) is 0. The molecule has 1 rings (SSSR count). The van der Waals surface area contributed by atoms with E-state index in [0.717, 1.165) is 12.8 Å². The van der Waals surface area contributed by atoms with Gasteiger partial charge in [0.05, 0.1) is 0 Å². The Morgan fingerprint density at radius 3 is 1.31 bits per heavy atom. The smallest absolute Gasteiger partial charge is 0.0136 e. The lowest BCUT2D eigenvalue weighted by Crippen LogP contribution is -2.49. The Labute approximate surface area is 88.9 Å². The number of rotatable bonds is 0. The third kappa shape index (κ3) is 3.86. The lowest BCUT2D eigenvalue weighted by atomic mass is 9.59. The van der Waals surface area contributed by atoms with Crippen LogP contribution in [0.2, 0.25) is 0 Å². The summed E-state index contributed by atoms with van der Waals surface area (Å²) in [5.74, 6) is 0. The van der Waals surface area contributed by atoms with Gasteiger partial charge >= 0.3 is 0 Å². The third-order valence-corrected chi connectivity index (χ3v) is 2.72. The van der Waals surface area contributed by atoms with Gasteiger partial charge in [0.1, 0.15) is 0 Å². The van der Waals surface area contributed by atoms with Crippen LogP contribution in [0.15, 0.2) is 0 Å². The monoisotopic (exact) mass is 205 g/mol. The second kappa shape index (κ2) is 3.43. The largest absolute Gasteiger partial charge is 0.325 e. The predicted octanol–water partition coefficient (Wildman–Crippen LogP) is 3.36. The summed E-state index contributed by atoms with van der Waals surface area (Å²) in [5, 5.41) is 0. The molecule has 0 bridgehead atoms. The maximum Gasteiger partial charge on any atom is 0.0136 e. The number of hydrogen-bond donors (Lipinski definition) is 1. The molecule has 0 saturated heterocycles. The maximum atomic E-state index is 6.23. The molecule has 1 nitrogen and oxygen atoms in total. The van der Waals surface area contributed by atoms with E-state index < -0.39 is 0 Å². The highest BCUT2D eigenvalue weighted by atomic mass is 35.5.